The zero-order valence-electron chi connectivity index (χ0n) is 12.0. The van der Waals surface area contributed by atoms with Gasteiger partial charge in [-0.05, 0) is 24.5 Å². The van der Waals surface area contributed by atoms with Crippen LogP contribution < -0.4 is 5.32 Å². The number of β-amino-alcohol motifs (C(OH)–C–C–N with tert-alkyl or cyclic N) is 1. The largest absolute Gasteiger partial charge is 0.391 e. The number of amides is 2. The quantitative estimate of drug-likeness (QED) is 0.894. The molecule has 1 aliphatic rings. The van der Waals surface area contributed by atoms with E-state index in [9.17, 15) is 9.90 Å². The Labute approximate surface area is 127 Å². The van der Waals surface area contributed by atoms with Crippen molar-refractivity contribution in [3.8, 4) is 0 Å². The molecular weight excluding hydrogens is 286 g/mol. The summed E-state index contributed by atoms with van der Waals surface area (Å²) >= 11 is 1.59. The molecule has 2 N–H and O–H groups in total. The highest BCUT2D eigenvalue weighted by Gasteiger charge is 2.27. The molecule has 0 aliphatic carbocycles. The van der Waals surface area contributed by atoms with E-state index in [-0.39, 0.29) is 11.9 Å². The van der Waals surface area contributed by atoms with Crippen LogP contribution in [0.15, 0.2) is 24.3 Å². The van der Waals surface area contributed by atoms with Crippen LogP contribution in [0.25, 0.3) is 10.2 Å². The summed E-state index contributed by atoms with van der Waals surface area (Å²) in [6.45, 7) is 3.55. The number of thiazole rings is 1. The van der Waals surface area contributed by atoms with Crippen molar-refractivity contribution in [3.63, 3.8) is 0 Å². The maximum atomic E-state index is 12.1. The molecule has 0 bridgehead atoms. The summed E-state index contributed by atoms with van der Waals surface area (Å²) in [5.41, 5.74) is 0.967. The number of para-hydroxylation sites is 1. The van der Waals surface area contributed by atoms with Crippen LogP contribution in [0.1, 0.15) is 18.4 Å². The fraction of sp³-hybridized carbons (Fsp3) is 0.467. The van der Waals surface area contributed by atoms with Gasteiger partial charge in [0.05, 0.1) is 22.9 Å². The first-order chi connectivity index (χ1) is 10.1. The molecule has 5 nitrogen and oxygen atoms in total. The van der Waals surface area contributed by atoms with Crippen molar-refractivity contribution in [1.29, 1.82) is 0 Å². The number of rotatable bonds is 2. The van der Waals surface area contributed by atoms with Gasteiger partial charge < -0.3 is 15.3 Å². The van der Waals surface area contributed by atoms with E-state index < -0.39 is 6.10 Å². The van der Waals surface area contributed by atoms with Crippen molar-refractivity contribution in [3.05, 3.63) is 29.3 Å². The van der Waals surface area contributed by atoms with E-state index in [1.165, 1.54) is 0 Å². The minimum atomic E-state index is -0.424. The lowest BCUT2D eigenvalue weighted by atomic mass is 9.96. The van der Waals surface area contributed by atoms with Gasteiger partial charge in [0.15, 0.2) is 0 Å². The van der Waals surface area contributed by atoms with Gasteiger partial charge in [0.25, 0.3) is 0 Å². The van der Waals surface area contributed by atoms with Gasteiger partial charge in [-0.1, -0.05) is 19.1 Å². The zero-order chi connectivity index (χ0) is 14.8. The lowest BCUT2D eigenvalue weighted by Gasteiger charge is -2.34. The molecule has 1 aromatic heterocycles. The zero-order valence-corrected chi connectivity index (χ0v) is 12.8. The lowest BCUT2D eigenvalue weighted by molar-refractivity contribution is 0.0435. The Bertz CT molecular complexity index is 610. The number of aromatic nitrogens is 1. The molecule has 1 saturated heterocycles. The molecule has 6 heteroatoms. The highest BCUT2D eigenvalue weighted by Crippen LogP contribution is 2.21. The van der Waals surface area contributed by atoms with Crippen LogP contribution in [-0.4, -0.2) is 40.2 Å². The minimum absolute atomic E-state index is 0.125. The maximum Gasteiger partial charge on any atom is 0.317 e. The van der Waals surface area contributed by atoms with E-state index in [1.807, 2.05) is 31.2 Å². The molecule has 2 unspecified atom stereocenters. The molecule has 21 heavy (non-hydrogen) atoms. The van der Waals surface area contributed by atoms with E-state index in [0.29, 0.717) is 19.6 Å². The van der Waals surface area contributed by atoms with Gasteiger partial charge in [0.2, 0.25) is 0 Å². The fourth-order valence-electron chi connectivity index (χ4n) is 2.49. The van der Waals surface area contributed by atoms with Crippen LogP contribution in [0.3, 0.4) is 0 Å². The number of hydrogen-bond donors (Lipinski definition) is 2. The highest BCUT2D eigenvalue weighted by atomic mass is 32.1. The van der Waals surface area contributed by atoms with Crippen molar-refractivity contribution in [2.45, 2.75) is 26.0 Å². The van der Waals surface area contributed by atoms with E-state index in [4.69, 9.17) is 0 Å². The number of piperidine rings is 1. The van der Waals surface area contributed by atoms with Crippen LogP contribution in [0.5, 0.6) is 0 Å². The summed E-state index contributed by atoms with van der Waals surface area (Å²) in [5, 5.41) is 13.6. The number of aliphatic hydroxyl groups is 1. The summed E-state index contributed by atoms with van der Waals surface area (Å²) in [6.07, 6.45) is 0.419. The Hall–Kier alpha value is -1.66. The third-order valence-corrected chi connectivity index (χ3v) is 4.97. The Morgan fingerprint density at radius 1 is 1.52 bits per heavy atom. The lowest BCUT2D eigenvalue weighted by Crippen LogP contribution is -2.49. The van der Waals surface area contributed by atoms with Crippen molar-refractivity contribution >= 4 is 27.6 Å². The first kappa shape index (κ1) is 14.3. The van der Waals surface area contributed by atoms with Gasteiger partial charge in [-0.3, -0.25) is 0 Å². The SMILES string of the molecule is CC1CCN(C(=O)NCc2nc3ccccc3s2)CC1O. The topological polar surface area (TPSA) is 65.5 Å². The number of fused-ring (bicyclic) bond motifs is 1. The second-order valence-electron chi connectivity index (χ2n) is 5.51. The highest BCUT2D eigenvalue weighted by molar-refractivity contribution is 7.18. The number of benzene rings is 1. The van der Waals surface area contributed by atoms with Gasteiger partial charge in [-0.2, -0.15) is 0 Å². The molecule has 2 aromatic rings. The first-order valence-electron chi connectivity index (χ1n) is 7.19. The van der Waals surface area contributed by atoms with E-state index in [2.05, 4.69) is 10.3 Å². The van der Waals surface area contributed by atoms with Crippen molar-refractivity contribution in [2.75, 3.05) is 13.1 Å². The van der Waals surface area contributed by atoms with Crippen LogP contribution in [0.2, 0.25) is 0 Å². The number of likely N-dealkylation sites (tertiary alicyclic amines) is 1. The summed E-state index contributed by atoms with van der Waals surface area (Å²) in [6, 6.07) is 7.82. The predicted molar refractivity (Wildman–Crippen MR) is 83.2 cm³/mol. The summed E-state index contributed by atoms with van der Waals surface area (Å²) in [7, 11) is 0. The molecule has 0 saturated carbocycles. The third-order valence-electron chi connectivity index (χ3n) is 3.93. The molecule has 1 aromatic carbocycles. The third kappa shape index (κ3) is 3.16. The van der Waals surface area contributed by atoms with Crippen LogP contribution in [0.4, 0.5) is 4.79 Å². The maximum absolute atomic E-state index is 12.1. The van der Waals surface area contributed by atoms with Gasteiger partial charge in [0, 0.05) is 13.1 Å². The number of carbonyl (C=O) groups is 1. The Morgan fingerprint density at radius 2 is 2.33 bits per heavy atom. The van der Waals surface area contributed by atoms with Gasteiger partial charge in [-0.25, -0.2) is 9.78 Å². The normalized spacial score (nSPS) is 22.5. The smallest absolute Gasteiger partial charge is 0.317 e. The monoisotopic (exact) mass is 305 g/mol. The number of nitrogens with one attached hydrogen (secondary N) is 1. The van der Waals surface area contributed by atoms with Crippen molar-refractivity contribution < 1.29 is 9.90 Å². The molecule has 2 atom stereocenters. The number of hydrogen-bond acceptors (Lipinski definition) is 4. The van der Waals surface area contributed by atoms with Gasteiger partial charge >= 0.3 is 6.03 Å². The van der Waals surface area contributed by atoms with Crippen LogP contribution in [-0.2, 0) is 6.54 Å². The molecule has 2 heterocycles. The Balaban J connectivity index is 1.58. The molecule has 3 rings (SSSR count). The van der Waals surface area contributed by atoms with Gasteiger partial charge in [0.1, 0.15) is 5.01 Å². The Kier molecular flexibility index (Phi) is 4.07. The van der Waals surface area contributed by atoms with Crippen molar-refractivity contribution in [2.24, 2.45) is 5.92 Å². The molecule has 2 amide bonds. The second kappa shape index (κ2) is 5.99. The van der Waals surface area contributed by atoms with Crippen LogP contribution >= 0.6 is 11.3 Å². The summed E-state index contributed by atoms with van der Waals surface area (Å²) < 4.78 is 1.13. The van der Waals surface area contributed by atoms with E-state index in [0.717, 1.165) is 21.6 Å². The van der Waals surface area contributed by atoms with Gasteiger partial charge in [-0.15, -0.1) is 11.3 Å². The fourth-order valence-corrected chi connectivity index (χ4v) is 3.40. The minimum Gasteiger partial charge on any atom is -0.391 e. The number of urea groups is 1. The molecule has 0 radical (unpaired) electrons. The average molecular weight is 305 g/mol. The van der Waals surface area contributed by atoms with E-state index in [1.54, 1.807) is 16.2 Å². The molecule has 1 aliphatic heterocycles. The average Bonchev–Trinajstić information content (AvgIpc) is 2.90. The number of carbonyl (C=O) groups excluding carboxylic acids is 1. The predicted octanol–water partition coefficient (Wildman–Crippen LogP) is 2.21. The molecule has 1 fully saturated rings. The van der Waals surface area contributed by atoms with E-state index >= 15 is 0 Å². The van der Waals surface area contributed by atoms with Crippen molar-refractivity contribution in [1.82, 2.24) is 15.2 Å². The number of nitrogens with zero attached hydrogens (tertiary/aromatic N) is 2. The first-order valence-corrected chi connectivity index (χ1v) is 8.00. The summed E-state index contributed by atoms with van der Waals surface area (Å²) in [4.78, 5) is 18.3. The second-order valence-corrected chi connectivity index (χ2v) is 6.63. The Morgan fingerprint density at radius 3 is 3.10 bits per heavy atom. The number of aliphatic hydroxyl groups excluding tert-OH is 1. The van der Waals surface area contributed by atoms with Crippen LogP contribution in [0, 0.1) is 5.92 Å². The molecule has 0 spiro atoms. The molecular formula is C15H19N3O2S. The summed E-state index contributed by atoms with van der Waals surface area (Å²) in [5.74, 6) is 0.262. The standard InChI is InChI=1S/C15H19N3O2S/c1-10-6-7-18(9-12(10)19)15(20)16-8-14-17-11-4-2-3-5-13(11)21-14/h2-5,10,12,19H,6-9H2,1H3,(H,16,20). The molecule has 112 valence electrons.